The topological polar surface area (TPSA) is 4.93 Å². The smallest absolute Gasteiger partial charge is 0.0497 e. The minimum atomic E-state index is 0.0701. The maximum Gasteiger partial charge on any atom is 0.0497 e. The summed E-state index contributed by atoms with van der Waals surface area (Å²) in [6.45, 7) is 12.8. The molecule has 1 heteroatoms. The fraction of sp³-hybridized carbons (Fsp3) is 0.581. The van der Waals surface area contributed by atoms with Gasteiger partial charge in [-0.2, -0.15) is 0 Å². The van der Waals surface area contributed by atoms with Gasteiger partial charge in [-0.1, -0.05) is 369 Å². The molecule has 2 aliphatic carbocycles. The summed E-state index contributed by atoms with van der Waals surface area (Å²) in [5.74, 6) is 0. The molecular weight excluding hydrogens is 1050 g/mol. The van der Waals surface area contributed by atoms with E-state index in [2.05, 4.69) is 161 Å². The van der Waals surface area contributed by atoms with Crippen LogP contribution in [0, 0.1) is 0 Å². The average molecular weight is 1170 g/mol. The molecule has 1 heterocycles. The van der Waals surface area contributed by atoms with Gasteiger partial charge in [0.25, 0.3) is 0 Å². The summed E-state index contributed by atoms with van der Waals surface area (Å²) in [6.07, 6.45) is 56.7. The molecule has 0 radical (unpaired) electrons. The van der Waals surface area contributed by atoms with Crippen molar-refractivity contribution in [1.29, 1.82) is 0 Å². The lowest BCUT2D eigenvalue weighted by molar-refractivity contribution is 0.397. The Morgan fingerprint density at radius 1 is 0.241 bits per heavy atom. The van der Waals surface area contributed by atoms with E-state index in [4.69, 9.17) is 0 Å². The van der Waals surface area contributed by atoms with Gasteiger partial charge in [0.05, 0.1) is 0 Å². The van der Waals surface area contributed by atoms with Crippen molar-refractivity contribution in [3.63, 3.8) is 0 Å². The summed E-state index contributed by atoms with van der Waals surface area (Å²) >= 11 is 0. The Bertz CT molecular complexity index is 2880. The molecule has 1 nitrogen and oxygen atoms in total. The molecule has 0 fully saturated rings. The number of aryl methyl sites for hydroxylation is 1. The number of hydrogen-bond donors (Lipinski definition) is 0. The number of benzene rings is 6. The molecular formula is C86H121N. The van der Waals surface area contributed by atoms with Gasteiger partial charge >= 0.3 is 0 Å². The van der Waals surface area contributed by atoms with E-state index in [9.17, 15) is 0 Å². The second-order valence-electron chi connectivity index (χ2n) is 28.1. The van der Waals surface area contributed by atoms with E-state index in [0.717, 1.165) is 6.54 Å². The highest BCUT2D eigenvalue weighted by molar-refractivity contribution is 6.10. The Balaban J connectivity index is 1.05. The summed E-state index contributed by atoms with van der Waals surface area (Å²) < 4.78 is 2.76. The molecule has 7 aromatic rings. The van der Waals surface area contributed by atoms with E-state index < -0.39 is 0 Å². The van der Waals surface area contributed by atoms with Gasteiger partial charge < -0.3 is 4.57 Å². The van der Waals surface area contributed by atoms with Crippen LogP contribution in [0.25, 0.3) is 66.3 Å². The second-order valence-corrected chi connectivity index (χ2v) is 28.1. The van der Waals surface area contributed by atoms with Crippen molar-refractivity contribution in [3.8, 4) is 44.5 Å². The molecule has 9 rings (SSSR count). The first-order valence-electron chi connectivity index (χ1n) is 37.6. The van der Waals surface area contributed by atoms with Crippen LogP contribution in [0.3, 0.4) is 0 Å². The standard InChI is InChI=1S/C86H121N/c1-6-11-16-21-26-30-34-43-60-85(61-44-35-31-27-22-17-12-7-2)79-50-41-39-48-73(79)75-56-52-69(65-81(75)85)71-54-58-77-78-59-55-72(68-84(78)87(83(77)67-71)64-47-38-25-20-15-10-5)70-53-57-76-74-49-40-42-51-80(74)86(82(76)66-70,62-45-36-32-28-23-18-13-8-3)63-46-37-33-29-24-19-14-9-4/h39-42,48-59,65-68H,6-38,43-47,60-64H2,1-5H3. The maximum atomic E-state index is 2.76. The fourth-order valence-electron chi connectivity index (χ4n) is 16.6. The number of fused-ring (bicyclic) bond motifs is 9. The molecule has 0 aliphatic heterocycles. The van der Waals surface area contributed by atoms with Gasteiger partial charge in [0.2, 0.25) is 0 Å². The lowest BCUT2D eigenvalue weighted by Gasteiger charge is -2.33. The lowest BCUT2D eigenvalue weighted by atomic mass is 9.70. The molecule has 0 saturated carbocycles. The Morgan fingerprint density at radius 3 is 0.839 bits per heavy atom. The molecule has 470 valence electrons. The van der Waals surface area contributed by atoms with E-state index >= 15 is 0 Å². The van der Waals surface area contributed by atoms with Crippen molar-refractivity contribution in [2.45, 2.75) is 322 Å². The van der Waals surface area contributed by atoms with E-state index in [0.29, 0.717) is 0 Å². The predicted octanol–water partition coefficient (Wildman–Crippen LogP) is 28.1. The number of rotatable bonds is 45. The van der Waals surface area contributed by atoms with E-state index in [-0.39, 0.29) is 10.8 Å². The van der Waals surface area contributed by atoms with Crippen LogP contribution in [0.15, 0.2) is 121 Å². The van der Waals surface area contributed by atoms with Crippen LogP contribution < -0.4 is 0 Å². The Morgan fingerprint density at radius 2 is 0.506 bits per heavy atom. The normalized spacial score (nSPS) is 13.7. The van der Waals surface area contributed by atoms with E-state index in [1.165, 1.54) is 336 Å². The molecule has 87 heavy (non-hydrogen) atoms. The lowest BCUT2D eigenvalue weighted by Crippen LogP contribution is -2.25. The summed E-state index contributed by atoms with van der Waals surface area (Å²) in [6, 6.07) is 49.8. The van der Waals surface area contributed by atoms with Gasteiger partial charge in [-0.25, -0.2) is 0 Å². The van der Waals surface area contributed by atoms with Crippen molar-refractivity contribution in [3.05, 3.63) is 144 Å². The molecule has 0 atom stereocenters. The number of aromatic nitrogens is 1. The van der Waals surface area contributed by atoms with Crippen molar-refractivity contribution in [2.24, 2.45) is 0 Å². The first-order chi connectivity index (χ1) is 43.0. The first kappa shape index (κ1) is 66.5. The van der Waals surface area contributed by atoms with Crippen molar-refractivity contribution in [1.82, 2.24) is 4.57 Å². The molecule has 0 N–H and O–H groups in total. The number of unbranched alkanes of at least 4 members (excludes halogenated alkanes) is 33. The van der Waals surface area contributed by atoms with Crippen molar-refractivity contribution in [2.75, 3.05) is 0 Å². The summed E-state index contributed by atoms with van der Waals surface area (Å²) in [4.78, 5) is 0. The number of hydrogen-bond acceptors (Lipinski definition) is 0. The molecule has 2 aliphatic rings. The highest BCUT2D eigenvalue weighted by Crippen LogP contribution is 2.57. The Kier molecular flexibility index (Phi) is 27.1. The van der Waals surface area contributed by atoms with Crippen molar-refractivity contribution >= 4 is 21.8 Å². The van der Waals surface area contributed by atoms with Crippen LogP contribution in [0.2, 0.25) is 0 Å². The molecule has 0 saturated heterocycles. The van der Waals surface area contributed by atoms with Crippen LogP contribution in [0.5, 0.6) is 0 Å². The third-order valence-electron chi connectivity index (χ3n) is 21.6. The van der Waals surface area contributed by atoms with Crippen LogP contribution >= 0.6 is 0 Å². The summed E-state index contributed by atoms with van der Waals surface area (Å²) in [5, 5.41) is 2.80. The van der Waals surface area contributed by atoms with Gasteiger partial charge in [-0.15, -0.1) is 0 Å². The zero-order valence-corrected chi connectivity index (χ0v) is 56.4. The second kappa shape index (κ2) is 35.5. The van der Waals surface area contributed by atoms with Crippen LogP contribution in [-0.4, -0.2) is 4.57 Å². The van der Waals surface area contributed by atoms with Crippen LogP contribution in [0.1, 0.15) is 327 Å². The van der Waals surface area contributed by atoms with Gasteiger partial charge in [0, 0.05) is 39.2 Å². The quantitative estimate of drug-likeness (QED) is 0.0335. The minimum absolute atomic E-state index is 0.0701. The van der Waals surface area contributed by atoms with Crippen LogP contribution in [0.4, 0.5) is 0 Å². The van der Waals surface area contributed by atoms with E-state index in [1.807, 2.05) is 0 Å². The third-order valence-corrected chi connectivity index (χ3v) is 21.6. The first-order valence-corrected chi connectivity index (χ1v) is 37.6. The SMILES string of the molecule is CCCCCCCCCCC1(CCCCCCCCCC)c2ccccc2-c2ccc(-c3ccc4c5ccc(-c6ccc7c(c6)C(CCCCCCCCCC)(CCCCCCCCCC)c6ccccc6-7)cc5n(CCCCCCCC)c4c3)cc21. The molecule has 0 bridgehead atoms. The van der Waals surface area contributed by atoms with Gasteiger partial charge in [-0.05, 0) is 123 Å². The van der Waals surface area contributed by atoms with Gasteiger partial charge in [0.15, 0.2) is 0 Å². The minimum Gasteiger partial charge on any atom is -0.340 e. The molecule has 0 spiro atoms. The van der Waals surface area contributed by atoms with Gasteiger partial charge in [0.1, 0.15) is 0 Å². The fourth-order valence-corrected chi connectivity index (χ4v) is 16.6. The van der Waals surface area contributed by atoms with E-state index in [1.54, 1.807) is 22.3 Å². The predicted molar refractivity (Wildman–Crippen MR) is 385 cm³/mol. The zero-order chi connectivity index (χ0) is 60.4. The molecule has 0 unspecified atom stereocenters. The summed E-state index contributed by atoms with van der Waals surface area (Å²) in [7, 11) is 0. The molecule has 1 aromatic heterocycles. The average Bonchev–Trinajstić information content (AvgIpc) is 1.62. The third kappa shape index (κ3) is 16.9. The molecule has 0 amide bonds. The van der Waals surface area contributed by atoms with Crippen molar-refractivity contribution < 1.29 is 0 Å². The summed E-state index contributed by atoms with van der Waals surface area (Å²) in [5.41, 5.74) is 20.9. The Hall–Kier alpha value is -4.88. The van der Waals surface area contributed by atoms with Gasteiger partial charge in [-0.3, -0.25) is 0 Å². The zero-order valence-electron chi connectivity index (χ0n) is 56.4. The maximum absolute atomic E-state index is 2.76. The largest absolute Gasteiger partial charge is 0.340 e. The van der Waals surface area contributed by atoms with Crippen LogP contribution in [-0.2, 0) is 17.4 Å². The monoisotopic (exact) mass is 1170 g/mol. The number of nitrogens with zero attached hydrogens (tertiary/aromatic N) is 1. The highest BCUT2D eigenvalue weighted by Gasteiger charge is 2.44. The Labute approximate surface area is 533 Å². The molecule has 6 aromatic carbocycles. The highest BCUT2D eigenvalue weighted by atomic mass is 15.0.